The summed E-state index contributed by atoms with van der Waals surface area (Å²) in [4.78, 5) is 19.4. The van der Waals surface area contributed by atoms with Gasteiger partial charge in [-0.2, -0.15) is 11.3 Å². The number of benzene rings is 1. The Labute approximate surface area is 142 Å². The molecule has 0 radical (unpaired) electrons. The molecule has 23 heavy (non-hydrogen) atoms. The fourth-order valence-corrected chi connectivity index (χ4v) is 4.36. The second-order valence-electron chi connectivity index (χ2n) is 5.53. The standard InChI is InChI=1S/C17H16N2O2S2/c20-16(12-7-9-22-11-12)19(10-13-4-3-8-21-13)17-18-14-5-1-2-6-15(14)23-17/h1-2,5-7,9,11,13H,3-4,8,10H2. The first-order valence-corrected chi connectivity index (χ1v) is 9.38. The molecule has 4 nitrogen and oxygen atoms in total. The number of amides is 1. The van der Waals surface area contributed by atoms with Crippen molar-refractivity contribution < 1.29 is 9.53 Å². The lowest BCUT2D eigenvalue weighted by Gasteiger charge is -2.22. The number of thiophene rings is 1. The molecule has 3 aromatic rings. The monoisotopic (exact) mass is 344 g/mol. The van der Waals surface area contributed by atoms with Crippen LogP contribution in [0, 0.1) is 0 Å². The number of para-hydroxylation sites is 1. The van der Waals surface area contributed by atoms with E-state index in [2.05, 4.69) is 4.98 Å². The maximum absolute atomic E-state index is 12.9. The summed E-state index contributed by atoms with van der Waals surface area (Å²) in [6, 6.07) is 9.85. The predicted molar refractivity (Wildman–Crippen MR) is 94.6 cm³/mol. The molecule has 1 amide bonds. The average molecular weight is 344 g/mol. The molecule has 118 valence electrons. The molecule has 1 saturated heterocycles. The van der Waals surface area contributed by atoms with Gasteiger partial charge in [-0.3, -0.25) is 9.69 Å². The Hall–Kier alpha value is -1.76. The van der Waals surface area contributed by atoms with Gasteiger partial charge in [0.15, 0.2) is 5.13 Å². The van der Waals surface area contributed by atoms with Crippen LogP contribution in [0.3, 0.4) is 0 Å². The summed E-state index contributed by atoms with van der Waals surface area (Å²) >= 11 is 3.09. The van der Waals surface area contributed by atoms with Crippen LogP contribution in [-0.2, 0) is 4.74 Å². The summed E-state index contributed by atoms with van der Waals surface area (Å²) in [5, 5.41) is 4.56. The predicted octanol–water partition coefficient (Wildman–Crippen LogP) is 4.18. The smallest absolute Gasteiger partial charge is 0.260 e. The Morgan fingerprint density at radius 3 is 3.00 bits per heavy atom. The van der Waals surface area contributed by atoms with Gasteiger partial charge >= 0.3 is 0 Å². The molecule has 1 aliphatic rings. The molecule has 0 aliphatic carbocycles. The summed E-state index contributed by atoms with van der Waals surface area (Å²) in [6.45, 7) is 1.35. The first-order chi connectivity index (χ1) is 11.3. The number of aromatic nitrogens is 1. The average Bonchev–Trinajstić information content (AvgIpc) is 3.32. The van der Waals surface area contributed by atoms with Gasteiger partial charge in [0.25, 0.3) is 5.91 Å². The Morgan fingerprint density at radius 1 is 1.35 bits per heavy atom. The minimum absolute atomic E-state index is 0.000746. The minimum atomic E-state index is 0.000746. The summed E-state index contributed by atoms with van der Waals surface area (Å²) in [7, 11) is 0. The SMILES string of the molecule is O=C(c1ccsc1)N(CC1CCCO1)c1nc2ccccc2s1. The molecule has 0 saturated carbocycles. The van der Waals surface area contributed by atoms with Crippen LogP contribution in [0.1, 0.15) is 23.2 Å². The summed E-state index contributed by atoms with van der Waals surface area (Å²) in [5.74, 6) is 0.000746. The molecule has 3 heterocycles. The molecule has 1 atom stereocenters. The van der Waals surface area contributed by atoms with Gasteiger partial charge in [-0.1, -0.05) is 23.5 Å². The molecular weight excluding hydrogens is 328 g/mol. The number of carbonyl (C=O) groups is 1. The molecule has 2 aromatic heterocycles. The van der Waals surface area contributed by atoms with Gasteiger partial charge in [0.05, 0.1) is 28.4 Å². The van der Waals surface area contributed by atoms with Crippen LogP contribution in [0.15, 0.2) is 41.1 Å². The maximum atomic E-state index is 12.9. The van der Waals surface area contributed by atoms with E-state index in [1.807, 2.05) is 41.1 Å². The molecular formula is C17H16N2O2S2. The molecule has 1 aromatic carbocycles. The number of thiazole rings is 1. The number of hydrogen-bond donors (Lipinski definition) is 0. The highest BCUT2D eigenvalue weighted by Gasteiger charge is 2.27. The molecule has 6 heteroatoms. The van der Waals surface area contributed by atoms with Gasteiger partial charge < -0.3 is 4.74 Å². The number of hydrogen-bond acceptors (Lipinski definition) is 5. The first kappa shape index (κ1) is 14.8. The van der Waals surface area contributed by atoms with Crippen molar-refractivity contribution in [3.63, 3.8) is 0 Å². The van der Waals surface area contributed by atoms with Crippen molar-refractivity contribution in [2.45, 2.75) is 18.9 Å². The zero-order chi connectivity index (χ0) is 15.6. The second kappa shape index (κ2) is 6.39. The molecule has 1 unspecified atom stereocenters. The van der Waals surface area contributed by atoms with Crippen LogP contribution in [0.5, 0.6) is 0 Å². The molecule has 0 bridgehead atoms. The van der Waals surface area contributed by atoms with Crippen LogP contribution in [-0.4, -0.2) is 30.1 Å². The second-order valence-corrected chi connectivity index (χ2v) is 7.32. The van der Waals surface area contributed by atoms with Crippen molar-refractivity contribution >= 4 is 43.9 Å². The zero-order valence-corrected chi connectivity index (χ0v) is 14.1. The van der Waals surface area contributed by atoms with Crippen molar-refractivity contribution in [1.29, 1.82) is 0 Å². The van der Waals surface area contributed by atoms with E-state index in [9.17, 15) is 4.79 Å². The van der Waals surface area contributed by atoms with E-state index >= 15 is 0 Å². The van der Waals surface area contributed by atoms with E-state index in [1.165, 1.54) is 11.3 Å². The van der Waals surface area contributed by atoms with E-state index < -0.39 is 0 Å². The van der Waals surface area contributed by atoms with Gasteiger partial charge in [0.2, 0.25) is 0 Å². The summed E-state index contributed by atoms with van der Waals surface area (Å²) in [5.41, 5.74) is 1.65. The fraction of sp³-hybridized carbons (Fsp3) is 0.294. The van der Waals surface area contributed by atoms with Gasteiger partial charge in [-0.05, 0) is 36.4 Å². The van der Waals surface area contributed by atoms with E-state index in [-0.39, 0.29) is 12.0 Å². The summed E-state index contributed by atoms with van der Waals surface area (Å²) < 4.78 is 6.83. The van der Waals surface area contributed by atoms with Crippen LogP contribution >= 0.6 is 22.7 Å². The zero-order valence-electron chi connectivity index (χ0n) is 12.5. The topological polar surface area (TPSA) is 42.4 Å². The lowest BCUT2D eigenvalue weighted by atomic mass is 10.2. The molecule has 1 fully saturated rings. The third-order valence-corrected chi connectivity index (χ3v) is 5.68. The number of nitrogens with zero attached hydrogens (tertiary/aromatic N) is 2. The van der Waals surface area contributed by atoms with E-state index in [0.717, 1.165) is 34.8 Å². The van der Waals surface area contributed by atoms with Crippen molar-refractivity contribution in [2.75, 3.05) is 18.1 Å². The highest BCUT2D eigenvalue weighted by Crippen LogP contribution is 2.31. The van der Waals surface area contributed by atoms with Gasteiger partial charge in [0.1, 0.15) is 0 Å². The van der Waals surface area contributed by atoms with Gasteiger partial charge in [-0.15, -0.1) is 0 Å². The third kappa shape index (κ3) is 3.02. The fourth-order valence-electron chi connectivity index (χ4n) is 2.76. The van der Waals surface area contributed by atoms with Crippen molar-refractivity contribution in [1.82, 2.24) is 4.98 Å². The quantitative estimate of drug-likeness (QED) is 0.713. The van der Waals surface area contributed by atoms with Crippen molar-refractivity contribution in [2.24, 2.45) is 0 Å². The molecule has 0 spiro atoms. The highest BCUT2D eigenvalue weighted by atomic mass is 32.1. The molecule has 1 aliphatic heterocycles. The summed E-state index contributed by atoms with van der Waals surface area (Å²) in [6.07, 6.45) is 2.16. The number of anilines is 1. The minimum Gasteiger partial charge on any atom is -0.376 e. The highest BCUT2D eigenvalue weighted by molar-refractivity contribution is 7.22. The Morgan fingerprint density at radius 2 is 2.26 bits per heavy atom. The Bertz CT molecular complexity index is 774. The number of ether oxygens (including phenoxy) is 1. The number of rotatable bonds is 4. The first-order valence-electron chi connectivity index (χ1n) is 7.62. The lowest BCUT2D eigenvalue weighted by Crippen LogP contribution is -2.37. The lowest BCUT2D eigenvalue weighted by molar-refractivity contribution is 0.0918. The third-order valence-electron chi connectivity index (χ3n) is 3.94. The largest absolute Gasteiger partial charge is 0.376 e. The number of carbonyl (C=O) groups excluding carboxylic acids is 1. The van der Waals surface area contributed by atoms with Crippen LogP contribution in [0.2, 0.25) is 0 Å². The normalized spacial score (nSPS) is 17.7. The van der Waals surface area contributed by atoms with E-state index in [1.54, 1.807) is 16.2 Å². The molecule has 4 rings (SSSR count). The Balaban J connectivity index is 1.69. The van der Waals surface area contributed by atoms with Crippen LogP contribution < -0.4 is 4.90 Å². The van der Waals surface area contributed by atoms with Crippen molar-refractivity contribution in [3.8, 4) is 0 Å². The number of fused-ring (bicyclic) bond motifs is 1. The van der Waals surface area contributed by atoms with Crippen molar-refractivity contribution in [3.05, 3.63) is 46.7 Å². The van der Waals surface area contributed by atoms with Gasteiger partial charge in [-0.25, -0.2) is 4.98 Å². The van der Waals surface area contributed by atoms with E-state index in [4.69, 9.17) is 4.74 Å². The van der Waals surface area contributed by atoms with Crippen LogP contribution in [0.4, 0.5) is 5.13 Å². The van der Waals surface area contributed by atoms with Crippen LogP contribution in [0.25, 0.3) is 10.2 Å². The molecule has 0 N–H and O–H groups in total. The van der Waals surface area contributed by atoms with Gasteiger partial charge in [0, 0.05) is 12.0 Å². The van der Waals surface area contributed by atoms with E-state index in [0.29, 0.717) is 12.1 Å². The Kier molecular flexibility index (Phi) is 4.11. The maximum Gasteiger partial charge on any atom is 0.260 e.